The summed E-state index contributed by atoms with van der Waals surface area (Å²) < 4.78 is 41.0. The average Bonchev–Trinajstić information content (AvgIpc) is 2.91. The molecule has 0 bridgehead atoms. The maximum Gasteiger partial charge on any atom is 0.312 e. The maximum absolute atomic E-state index is 13.1. The lowest BCUT2D eigenvalue weighted by Gasteiger charge is -2.11. The van der Waals surface area contributed by atoms with Crippen LogP contribution in [0.3, 0.4) is 0 Å². The molecule has 2 rings (SSSR count). The highest BCUT2D eigenvalue weighted by atomic mass is 19.3. The van der Waals surface area contributed by atoms with E-state index in [4.69, 9.17) is 14.2 Å². The van der Waals surface area contributed by atoms with Crippen LogP contribution in [0.15, 0.2) is 36.5 Å². The zero-order valence-corrected chi connectivity index (χ0v) is 11.0. The van der Waals surface area contributed by atoms with Crippen molar-refractivity contribution < 1.29 is 23.0 Å². The summed E-state index contributed by atoms with van der Waals surface area (Å²) in [6, 6.07) is 6.91. The second-order valence-electron chi connectivity index (χ2n) is 4.00. The van der Waals surface area contributed by atoms with Gasteiger partial charge in [0.05, 0.1) is 18.7 Å². The molecule has 20 heavy (non-hydrogen) atoms. The van der Waals surface area contributed by atoms with Gasteiger partial charge < -0.3 is 19.2 Å². The molecule has 0 aliphatic heterocycles. The van der Waals surface area contributed by atoms with Crippen LogP contribution in [0.4, 0.5) is 8.78 Å². The quantitative estimate of drug-likeness (QED) is 0.481. The van der Waals surface area contributed by atoms with E-state index in [1.165, 1.54) is 7.11 Å². The van der Waals surface area contributed by atoms with Crippen LogP contribution in [-0.2, 0) is 14.2 Å². The van der Waals surface area contributed by atoms with Gasteiger partial charge in [0.25, 0.3) is 0 Å². The highest BCUT2D eigenvalue weighted by Gasteiger charge is 2.15. The zero-order valence-electron chi connectivity index (χ0n) is 11.0. The maximum atomic E-state index is 13.1. The molecule has 6 heteroatoms. The fraction of sp³-hybridized carbons (Fsp3) is 0.286. The van der Waals surface area contributed by atoms with E-state index in [1.807, 2.05) is 12.1 Å². The van der Waals surface area contributed by atoms with Gasteiger partial charge in [-0.25, -0.2) is 0 Å². The normalized spacial score (nSPS) is 10.8. The van der Waals surface area contributed by atoms with E-state index in [1.54, 1.807) is 18.3 Å². The number of ether oxygens (including phenoxy) is 3. The number of nitrogens with one attached hydrogen (secondary N) is 1. The minimum atomic E-state index is -1.89. The molecule has 0 radical (unpaired) electrons. The summed E-state index contributed by atoms with van der Waals surface area (Å²) in [5, 5.41) is 0.838. The first-order valence-corrected chi connectivity index (χ1v) is 6.05. The molecule has 0 unspecified atom stereocenters. The summed E-state index contributed by atoms with van der Waals surface area (Å²) in [4.78, 5) is 2.93. The van der Waals surface area contributed by atoms with Crippen LogP contribution in [0.5, 0.6) is 0 Å². The molecule has 0 aliphatic carbocycles. The van der Waals surface area contributed by atoms with E-state index >= 15 is 0 Å². The minimum absolute atomic E-state index is 0.257. The van der Waals surface area contributed by atoms with Crippen LogP contribution in [0, 0.1) is 0 Å². The highest BCUT2D eigenvalue weighted by Crippen LogP contribution is 2.28. The number of rotatable bonds is 7. The first-order valence-electron chi connectivity index (χ1n) is 6.05. The largest absolute Gasteiger partial charge is 0.461 e. The smallest absolute Gasteiger partial charge is 0.312 e. The number of fused-ring (bicyclic) bond motifs is 1. The van der Waals surface area contributed by atoms with Crippen molar-refractivity contribution in [2.45, 2.75) is 0 Å². The van der Waals surface area contributed by atoms with Crippen LogP contribution in [-0.4, -0.2) is 32.1 Å². The van der Waals surface area contributed by atoms with Gasteiger partial charge in [0.1, 0.15) is 0 Å². The number of benzene rings is 1. The van der Waals surface area contributed by atoms with Crippen LogP contribution < -0.4 is 0 Å². The van der Waals surface area contributed by atoms with E-state index in [9.17, 15) is 8.78 Å². The Kier molecular flexibility index (Phi) is 5.09. The summed E-state index contributed by atoms with van der Waals surface area (Å²) >= 11 is 0. The molecule has 1 heterocycles. The molecule has 0 aliphatic rings. The van der Waals surface area contributed by atoms with Crippen molar-refractivity contribution in [1.29, 1.82) is 0 Å². The number of aromatic nitrogens is 1. The van der Waals surface area contributed by atoms with Crippen molar-refractivity contribution >= 4 is 16.7 Å². The minimum Gasteiger partial charge on any atom is -0.461 e. The molecule has 108 valence electrons. The fourth-order valence-corrected chi connectivity index (χ4v) is 1.81. The Morgan fingerprint density at radius 3 is 2.80 bits per heavy atom. The Labute approximate surface area is 114 Å². The summed E-state index contributed by atoms with van der Waals surface area (Å²) in [5.41, 5.74) is 0.912. The Morgan fingerprint density at radius 1 is 1.20 bits per heavy atom. The van der Waals surface area contributed by atoms with E-state index in [-0.39, 0.29) is 13.4 Å². The fourth-order valence-electron chi connectivity index (χ4n) is 1.81. The van der Waals surface area contributed by atoms with Gasteiger partial charge in [-0.05, 0) is 12.1 Å². The Hall–Kier alpha value is -1.92. The molecule has 1 aromatic carbocycles. The monoisotopic (exact) mass is 283 g/mol. The van der Waals surface area contributed by atoms with E-state index in [0.29, 0.717) is 17.7 Å². The van der Waals surface area contributed by atoms with Crippen molar-refractivity contribution in [3.8, 4) is 0 Å². The van der Waals surface area contributed by atoms with Crippen molar-refractivity contribution in [2.24, 2.45) is 0 Å². The van der Waals surface area contributed by atoms with Gasteiger partial charge in [0.2, 0.25) is 0 Å². The van der Waals surface area contributed by atoms with Crippen LogP contribution >= 0.6 is 0 Å². The number of halogens is 2. The molecule has 0 fully saturated rings. The number of aromatic amines is 1. The standard InChI is InChI=1S/C14H15F2NO3/c1-18-7-8-19-9-20-13(14(15)16)11-4-2-3-10-5-6-17-12(10)11/h2-6,17H,7-9H2,1H3. The van der Waals surface area contributed by atoms with Crippen molar-refractivity contribution in [2.75, 3.05) is 27.1 Å². The summed E-state index contributed by atoms with van der Waals surface area (Å²) in [6.07, 6.45) is -0.195. The van der Waals surface area contributed by atoms with Gasteiger partial charge >= 0.3 is 6.08 Å². The third kappa shape index (κ3) is 3.34. The molecule has 1 aromatic heterocycles. The van der Waals surface area contributed by atoms with Crippen LogP contribution in [0.25, 0.3) is 16.7 Å². The van der Waals surface area contributed by atoms with Gasteiger partial charge in [0, 0.05) is 24.3 Å². The van der Waals surface area contributed by atoms with Gasteiger partial charge in [-0.1, -0.05) is 12.1 Å². The molecule has 0 spiro atoms. The average molecular weight is 283 g/mol. The number of hydrogen-bond donors (Lipinski definition) is 1. The van der Waals surface area contributed by atoms with Gasteiger partial charge in [-0.15, -0.1) is 0 Å². The summed E-state index contributed by atoms with van der Waals surface area (Å²) in [6.45, 7) is 0.407. The third-order valence-electron chi connectivity index (χ3n) is 2.72. The predicted octanol–water partition coefficient (Wildman–Crippen LogP) is 3.37. The molecule has 0 saturated heterocycles. The Bertz CT molecular complexity index is 591. The molecular formula is C14H15F2NO3. The predicted molar refractivity (Wildman–Crippen MR) is 71.2 cm³/mol. The number of methoxy groups -OCH3 is 1. The van der Waals surface area contributed by atoms with Gasteiger partial charge in [0.15, 0.2) is 12.6 Å². The van der Waals surface area contributed by atoms with Crippen LogP contribution in [0.1, 0.15) is 5.56 Å². The SMILES string of the molecule is COCCOCOC(=C(F)F)c1cccc2cc[nH]c12. The lowest BCUT2D eigenvalue weighted by atomic mass is 10.1. The lowest BCUT2D eigenvalue weighted by Crippen LogP contribution is -2.06. The van der Waals surface area contributed by atoms with Gasteiger partial charge in [-0.2, -0.15) is 8.78 Å². The lowest BCUT2D eigenvalue weighted by molar-refractivity contribution is -0.0236. The molecule has 0 saturated carbocycles. The molecule has 0 atom stereocenters. The van der Waals surface area contributed by atoms with Crippen molar-refractivity contribution in [1.82, 2.24) is 4.98 Å². The Balaban J connectivity index is 2.14. The van der Waals surface area contributed by atoms with Crippen LogP contribution in [0.2, 0.25) is 0 Å². The first kappa shape index (κ1) is 14.5. The third-order valence-corrected chi connectivity index (χ3v) is 2.72. The number of hydrogen-bond acceptors (Lipinski definition) is 3. The Morgan fingerprint density at radius 2 is 2.05 bits per heavy atom. The summed E-state index contributed by atoms with van der Waals surface area (Å²) in [7, 11) is 1.53. The van der Waals surface area contributed by atoms with E-state index in [2.05, 4.69) is 4.98 Å². The first-order chi connectivity index (χ1) is 9.74. The molecule has 1 N–H and O–H groups in total. The molecule has 0 amide bonds. The number of H-pyrrole nitrogens is 1. The van der Waals surface area contributed by atoms with Crippen molar-refractivity contribution in [3.05, 3.63) is 42.1 Å². The van der Waals surface area contributed by atoms with Crippen molar-refractivity contribution in [3.63, 3.8) is 0 Å². The molecular weight excluding hydrogens is 268 g/mol. The topological polar surface area (TPSA) is 43.5 Å². The summed E-state index contributed by atoms with van der Waals surface area (Å²) in [5.74, 6) is -0.476. The zero-order chi connectivity index (χ0) is 14.4. The second-order valence-corrected chi connectivity index (χ2v) is 4.00. The second kappa shape index (κ2) is 7.02. The van der Waals surface area contributed by atoms with Gasteiger partial charge in [-0.3, -0.25) is 0 Å². The van der Waals surface area contributed by atoms with E-state index in [0.717, 1.165) is 5.39 Å². The van der Waals surface area contributed by atoms with E-state index < -0.39 is 11.8 Å². The highest BCUT2D eigenvalue weighted by molar-refractivity contribution is 5.90. The number of para-hydroxylation sites is 1. The molecule has 4 nitrogen and oxygen atoms in total. The molecule has 2 aromatic rings.